The lowest BCUT2D eigenvalue weighted by Gasteiger charge is -2.01. The zero-order valence-electron chi connectivity index (χ0n) is 5.79. The lowest BCUT2D eigenvalue weighted by molar-refractivity contribution is 0.124. The van der Waals surface area contributed by atoms with E-state index in [9.17, 15) is 4.79 Å². The molecule has 0 aromatic heterocycles. The number of carbonyl (C=O) groups excluding carboxylic acids is 1. The van der Waals surface area contributed by atoms with Crippen molar-refractivity contribution in [2.24, 2.45) is 10.2 Å². The molecule has 0 atom stereocenters. The summed E-state index contributed by atoms with van der Waals surface area (Å²) in [6.45, 7) is 3.51. The van der Waals surface area contributed by atoms with Crippen LogP contribution in [0.25, 0.3) is 0 Å². The standard InChI is InChI=1S/C5H10N2O2/c1-4(2)9-5(8)7-6-3/h4H,1-3H3/b7-6+. The van der Waals surface area contributed by atoms with E-state index in [1.165, 1.54) is 7.05 Å². The fraction of sp³-hybridized carbons (Fsp3) is 0.800. The summed E-state index contributed by atoms with van der Waals surface area (Å²) >= 11 is 0. The molecule has 0 saturated heterocycles. The second-order valence-electron chi connectivity index (χ2n) is 1.73. The van der Waals surface area contributed by atoms with Crippen molar-refractivity contribution < 1.29 is 9.53 Å². The Balaban J connectivity index is 3.51. The molecule has 1 amide bonds. The quantitative estimate of drug-likeness (QED) is 0.506. The highest BCUT2D eigenvalue weighted by Gasteiger charge is 2.00. The Kier molecular flexibility index (Phi) is 3.59. The number of carbonyl (C=O) groups is 1. The predicted molar refractivity (Wildman–Crippen MR) is 32.4 cm³/mol. The Morgan fingerprint density at radius 1 is 1.56 bits per heavy atom. The largest absolute Gasteiger partial charge is 0.452 e. The van der Waals surface area contributed by atoms with Gasteiger partial charge in [0.05, 0.1) is 6.10 Å². The third-order valence-electron chi connectivity index (χ3n) is 0.518. The molecule has 0 heterocycles. The zero-order valence-corrected chi connectivity index (χ0v) is 5.79. The van der Waals surface area contributed by atoms with E-state index in [1.54, 1.807) is 13.8 Å². The van der Waals surface area contributed by atoms with E-state index in [1.807, 2.05) is 0 Å². The van der Waals surface area contributed by atoms with Crippen molar-refractivity contribution in [2.75, 3.05) is 7.05 Å². The monoisotopic (exact) mass is 130 g/mol. The number of ether oxygens (including phenoxy) is 1. The normalized spacial score (nSPS) is 10.7. The summed E-state index contributed by atoms with van der Waals surface area (Å²) in [7, 11) is 1.42. The highest BCUT2D eigenvalue weighted by molar-refractivity contribution is 5.67. The molecule has 0 aliphatic rings. The molecular weight excluding hydrogens is 120 g/mol. The summed E-state index contributed by atoms with van der Waals surface area (Å²) in [5.74, 6) is 0. The van der Waals surface area contributed by atoms with Crippen LogP contribution in [0, 0.1) is 0 Å². The maximum Gasteiger partial charge on any atom is 0.452 e. The third kappa shape index (κ3) is 4.93. The number of rotatable bonds is 1. The molecule has 0 N–H and O–H groups in total. The number of nitrogens with zero attached hydrogens (tertiary/aromatic N) is 2. The summed E-state index contributed by atoms with van der Waals surface area (Å²) in [5.41, 5.74) is 0. The molecule has 0 aromatic carbocycles. The Morgan fingerprint density at radius 3 is 2.44 bits per heavy atom. The van der Waals surface area contributed by atoms with Crippen molar-refractivity contribution >= 4 is 6.09 Å². The van der Waals surface area contributed by atoms with Crippen molar-refractivity contribution in [1.82, 2.24) is 0 Å². The van der Waals surface area contributed by atoms with Gasteiger partial charge >= 0.3 is 6.09 Å². The van der Waals surface area contributed by atoms with Gasteiger partial charge in [0.1, 0.15) is 0 Å². The molecule has 0 fully saturated rings. The van der Waals surface area contributed by atoms with Crippen molar-refractivity contribution in [2.45, 2.75) is 20.0 Å². The first kappa shape index (κ1) is 8.07. The molecule has 0 aliphatic heterocycles. The van der Waals surface area contributed by atoms with Crippen LogP contribution in [0.4, 0.5) is 4.79 Å². The smallest absolute Gasteiger partial charge is 0.444 e. The van der Waals surface area contributed by atoms with Crippen molar-refractivity contribution in [3.8, 4) is 0 Å². The summed E-state index contributed by atoms with van der Waals surface area (Å²) in [6, 6.07) is 0. The number of hydrogen-bond donors (Lipinski definition) is 0. The Labute approximate surface area is 53.9 Å². The van der Waals surface area contributed by atoms with Crippen LogP contribution in [0.3, 0.4) is 0 Å². The van der Waals surface area contributed by atoms with Gasteiger partial charge in [0.25, 0.3) is 0 Å². The summed E-state index contributed by atoms with van der Waals surface area (Å²) < 4.78 is 4.59. The molecule has 4 nitrogen and oxygen atoms in total. The molecule has 0 aromatic rings. The van der Waals surface area contributed by atoms with Crippen LogP contribution in [0.5, 0.6) is 0 Å². The van der Waals surface area contributed by atoms with Crippen LogP contribution in [0.1, 0.15) is 13.8 Å². The SMILES string of the molecule is C/N=N/C(=O)OC(C)C. The van der Waals surface area contributed by atoms with Gasteiger partial charge in [-0.3, -0.25) is 0 Å². The zero-order chi connectivity index (χ0) is 7.28. The van der Waals surface area contributed by atoms with Gasteiger partial charge < -0.3 is 4.74 Å². The number of amides is 1. The van der Waals surface area contributed by atoms with Crippen LogP contribution in [-0.4, -0.2) is 19.2 Å². The second kappa shape index (κ2) is 4.00. The van der Waals surface area contributed by atoms with E-state index in [0.717, 1.165) is 0 Å². The minimum absolute atomic E-state index is 0.122. The van der Waals surface area contributed by atoms with Crippen LogP contribution in [-0.2, 0) is 4.74 Å². The molecule has 0 saturated carbocycles. The van der Waals surface area contributed by atoms with Gasteiger partial charge in [-0.25, -0.2) is 4.79 Å². The van der Waals surface area contributed by atoms with Gasteiger partial charge in [0, 0.05) is 7.05 Å². The van der Waals surface area contributed by atoms with Crippen LogP contribution in [0.15, 0.2) is 10.2 Å². The molecule has 0 aliphatic carbocycles. The molecule has 9 heavy (non-hydrogen) atoms. The molecule has 4 heteroatoms. The minimum atomic E-state index is -0.632. The lowest BCUT2D eigenvalue weighted by atomic mass is 10.5. The van der Waals surface area contributed by atoms with Gasteiger partial charge in [-0.1, -0.05) is 5.11 Å². The Bertz CT molecular complexity index is 120. The first-order chi connectivity index (χ1) is 4.16. The van der Waals surface area contributed by atoms with Crippen LogP contribution < -0.4 is 0 Å². The molecule has 0 spiro atoms. The Morgan fingerprint density at radius 2 is 2.11 bits per heavy atom. The molecule has 0 unspecified atom stereocenters. The molecule has 52 valence electrons. The van der Waals surface area contributed by atoms with E-state index in [-0.39, 0.29) is 6.10 Å². The highest BCUT2D eigenvalue weighted by Crippen LogP contribution is 1.91. The average Bonchev–Trinajstić information content (AvgIpc) is 1.63. The molecular formula is C5H10N2O2. The van der Waals surface area contributed by atoms with E-state index in [0.29, 0.717) is 0 Å². The van der Waals surface area contributed by atoms with Gasteiger partial charge in [-0.05, 0) is 13.8 Å². The molecule has 0 bridgehead atoms. The van der Waals surface area contributed by atoms with E-state index >= 15 is 0 Å². The topological polar surface area (TPSA) is 51.0 Å². The Hall–Kier alpha value is -0.930. The predicted octanol–water partition coefficient (Wildman–Crippen LogP) is 1.61. The maximum absolute atomic E-state index is 10.4. The summed E-state index contributed by atoms with van der Waals surface area (Å²) in [6.07, 6.45) is -0.754. The highest BCUT2D eigenvalue weighted by atomic mass is 16.6. The fourth-order valence-corrected chi connectivity index (χ4v) is 0.307. The van der Waals surface area contributed by atoms with E-state index < -0.39 is 6.09 Å². The number of azo groups is 1. The van der Waals surface area contributed by atoms with Gasteiger partial charge in [-0.15, -0.1) is 0 Å². The third-order valence-corrected chi connectivity index (χ3v) is 0.518. The van der Waals surface area contributed by atoms with Gasteiger partial charge in [0.15, 0.2) is 0 Å². The molecule has 0 radical (unpaired) electrons. The van der Waals surface area contributed by atoms with Crippen molar-refractivity contribution in [3.05, 3.63) is 0 Å². The maximum atomic E-state index is 10.4. The first-order valence-corrected chi connectivity index (χ1v) is 2.67. The van der Waals surface area contributed by atoms with E-state index in [4.69, 9.17) is 0 Å². The van der Waals surface area contributed by atoms with Crippen LogP contribution >= 0.6 is 0 Å². The van der Waals surface area contributed by atoms with Crippen molar-refractivity contribution in [1.29, 1.82) is 0 Å². The lowest BCUT2D eigenvalue weighted by Crippen LogP contribution is -2.06. The minimum Gasteiger partial charge on any atom is -0.444 e. The van der Waals surface area contributed by atoms with Crippen molar-refractivity contribution in [3.63, 3.8) is 0 Å². The van der Waals surface area contributed by atoms with Crippen LogP contribution in [0.2, 0.25) is 0 Å². The van der Waals surface area contributed by atoms with Gasteiger partial charge in [0.2, 0.25) is 0 Å². The molecule has 0 rings (SSSR count). The number of hydrogen-bond acceptors (Lipinski definition) is 3. The second-order valence-corrected chi connectivity index (χ2v) is 1.73. The summed E-state index contributed by atoms with van der Waals surface area (Å²) in [4.78, 5) is 10.4. The summed E-state index contributed by atoms with van der Waals surface area (Å²) in [5, 5.41) is 6.37. The van der Waals surface area contributed by atoms with E-state index in [2.05, 4.69) is 15.0 Å². The van der Waals surface area contributed by atoms with Gasteiger partial charge in [-0.2, -0.15) is 5.11 Å². The fourth-order valence-electron chi connectivity index (χ4n) is 0.307. The first-order valence-electron chi connectivity index (χ1n) is 2.67. The average molecular weight is 130 g/mol.